The van der Waals surface area contributed by atoms with Gasteiger partial charge in [0.25, 0.3) is 0 Å². The average Bonchev–Trinajstić information content (AvgIpc) is 2.48. The molecule has 3 heteroatoms. The monoisotopic (exact) mass is 264 g/mol. The molecule has 0 bridgehead atoms. The zero-order valence-corrected chi connectivity index (χ0v) is 12.0. The Morgan fingerprint density at radius 1 is 1.26 bits per heavy atom. The number of nitrogens with one attached hydrogen (secondary N) is 1. The minimum Gasteiger partial charge on any atom is -0.356 e. The van der Waals surface area contributed by atoms with Crippen LogP contribution in [0.3, 0.4) is 0 Å². The summed E-state index contributed by atoms with van der Waals surface area (Å²) in [5.41, 5.74) is 7.22. The number of hydrogen-bond donors (Lipinski definition) is 2. The van der Waals surface area contributed by atoms with E-state index in [1.807, 2.05) is 0 Å². The lowest BCUT2D eigenvalue weighted by atomic mass is 9.81. The van der Waals surface area contributed by atoms with Crippen LogP contribution in [0.4, 0.5) is 0 Å². The summed E-state index contributed by atoms with van der Waals surface area (Å²) in [4.78, 5) is 12.1. The first kappa shape index (κ1) is 14.6. The van der Waals surface area contributed by atoms with Gasteiger partial charge in [-0.05, 0) is 70.3 Å². The zero-order valence-electron chi connectivity index (χ0n) is 12.0. The second-order valence-electron chi connectivity index (χ2n) is 6.10. The molecule has 108 valence electrons. The number of nitrogens with two attached hydrogens (primary N) is 1. The minimum atomic E-state index is 0.239. The van der Waals surface area contributed by atoms with Crippen molar-refractivity contribution in [2.75, 3.05) is 13.1 Å². The Morgan fingerprint density at radius 3 is 2.68 bits per heavy atom. The molecular formula is C16H28N2O. The SMILES string of the molecule is NCC1CCC(C(=O)NCCC2=CCCCC2)CC1. The third kappa shape index (κ3) is 4.64. The van der Waals surface area contributed by atoms with E-state index < -0.39 is 0 Å². The number of carbonyl (C=O) groups is 1. The molecule has 1 fully saturated rings. The first-order valence-corrected chi connectivity index (χ1v) is 7.95. The normalized spacial score (nSPS) is 27.7. The third-order valence-electron chi connectivity index (χ3n) is 4.68. The lowest BCUT2D eigenvalue weighted by Gasteiger charge is -2.26. The maximum absolute atomic E-state index is 12.1. The summed E-state index contributed by atoms with van der Waals surface area (Å²) in [6, 6.07) is 0. The van der Waals surface area contributed by atoms with E-state index in [-0.39, 0.29) is 11.8 Å². The second kappa shape index (κ2) is 7.68. The summed E-state index contributed by atoms with van der Waals surface area (Å²) < 4.78 is 0. The Hall–Kier alpha value is -0.830. The Bertz CT molecular complexity index is 317. The molecule has 0 atom stereocenters. The van der Waals surface area contributed by atoms with Gasteiger partial charge in [0, 0.05) is 12.5 Å². The maximum atomic E-state index is 12.1. The van der Waals surface area contributed by atoms with Crippen molar-refractivity contribution in [2.45, 2.75) is 57.8 Å². The second-order valence-corrected chi connectivity index (χ2v) is 6.10. The smallest absolute Gasteiger partial charge is 0.223 e. The van der Waals surface area contributed by atoms with Gasteiger partial charge >= 0.3 is 0 Å². The summed E-state index contributed by atoms with van der Waals surface area (Å²) >= 11 is 0. The summed E-state index contributed by atoms with van der Waals surface area (Å²) in [6.45, 7) is 1.60. The fourth-order valence-electron chi connectivity index (χ4n) is 3.28. The first-order valence-electron chi connectivity index (χ1n) is 7.95. The number of rotatable bonds is 5. The van der Waals surface area contributed by atoms with Gasteiger partial charge < -0.3 is 11.1 Å². The van der Waals surface area contributed by atoms with E-state index in [2.05, 4.69) is 11.4 Å². The van der Waals surface area contributed by atoms with Crippen LogP contribution in [0, 0.1) is 11.8 Å². The van der Waals surface area contributed by atoms with E-state index in [0.717, 1.165) is 45.2 Å². The van der Waals surface area contributed by atoms with E-state index in [1.165, 1.54) is 25.7 Å². The van der Waals surface area contributed by atoms with Crippen LogP contribution in [-0.4, -0.2) is 19.0 Å². The average molecular weight is 264 g/mol. The van der Waals surface area contributed by atoms with Crippen LogP contribution in [0.25, 0.3) is 0 Å². The highest BCUT2D eigenvalue weighted by atomic mass is 16.1. The van der Waals surface area contributed by atoms with E-state index in [0.29, 0.717) is 5.92 Å². The predicted molar refractivity (Wildman–Crippen MR) is 78.7 cm³/mol. The highest BCUT2D eigenvalue weighted by molar-refractivity contribution is 5.78. The van der Waals surface area contributed by atoms with Crippen LogP contribution >= 0.6 is 0 Å². The van der Waals surface area contributed by atoms with Crippen LogP contribution in [-0.2, 0) is 4.79 Å². The van der Waals surface area contributed by atoms with Gasteiger partial charge in [-0.3, -0.25) is 4.79 Å². The molecule has 0 saturated heterocycles. The van der Waals surface area contributed by atoms with Crippen molar-refractivity contribution in [3.05, 3.63) is 11.6 Å². The fourth-order valence-corrected chi connectivity index (χ4v) is 3.28. The summed E-state index contributed by atoms with van der Waals surface area (Å²) in [5.74, 6) is 1.16. The molecule has 0 spiro atoms. The lowest BCUT2D eigenvalue weighted by molar-refractivity contribution is -0.126. The zero-order chi connectivity index (χ0) is 13.5. The van der Waals surface area contributed by atoms with Crippen molar-refractivity contribution in [3.63, 3.8) is 0 Å². The minimum absolute atomic E-state index is 0.239. The van der Waals surface area contributed by atoms with Crippen molar-refractivity contribution in [2.24, 2.45) is 17.6 Å². The Balaban J connectivity index is 1.63. The molecule has 3 N–H and O–H groups in total. The highest BCUT2D eigenvalue weighted by Gasteiger charge is 2.25. The highest BCUT2D eigenvalue weighted by Crippen LogP contribution is 2.28. The van der Waals surface area contributed by atoms with Crippen molar-refractivity contribution in [3.8, 4) is 0 Å². The molecule has 0 radical (unpaired) electrons. The first-order chi connectivity index (χ1) is 9.29. The molecule has 0 aromatic carbocycles. The molecule has 0 aromatic rings. The molecule has 0 aliphatic heterocycles. The summed E-state index contributed by atoms with van der Waals surface area (Å²) in [7, 11) is 0. The van der Waals surface area contributed by atoms with E-state index in [9.17, 15) is 4.79 Å². The molecule has 0 aromatic heterocycles. The van der Waals surface area contributed by atoms with Crippen molar-refractivity contribution >= 4 is 5.91 Å². The van der Waals surface area contributed by atoms with Gasteiger partial charge in [-0.1, -0.05) is 11.6 Å². The van der Waals surface area contributed by atoms with Crippen LogP contribution < -0.4 is 11.1 Å². The van der Waals surface area contributed by atoms with Crippen molar-refractivity contribution < 1.29 is 4.79 Å². The number of carbonyl (C=O) groups excluding carboxylic acids is 1. The van der Waals surface area contributed by atoms with Gasteiger partial charge in [0.15, 0.2) is 0 Å². The molecule has 2 aliphatic rings. The standard InChI is InChI=1S/C16H28N2O/c17-12-14-6-8-15(9-7-14)16(19)18-11-10-13-4-2-1-3-5-13/h4,14-15H,1-3,5-12,17H2,(H,18,19). The molecule has 1 saturated carbocycles. The molecule has 2 aliphatic carbocycles. The molecule has 19 heavy (non-hydrogen) atoms. The Morgan fingerprint density at radius 2 is 2.05 bits per heavy atom. The van der Waals surface area contributed by atoms with Crippen LogP contribution in [0.15, 0.2) is 11.6 Å². The van der Waals surface area contributed by atoms with Crippen molar-refractivity contribution in [1.29, 1.82) is 0 Å². The Kier molecular flexibility index (Phi) is 5.90. The van der Waals surface area contributed by atoms with E-state index in [4.69, 9.17) is 5.73 Å². The topological polar surface area (TPSA) is 55.1 Å². The van der Waals surface area contributed by atoms with Gasteiger partial charge in [0.2, 0.25) is 5.91 Å². The predicted octanol–water partition coefficient (Wildman–Crippen LogP) is 2.76. The van der Waals surface area contributed by atoms with Crippen LogP contribution in [0.5, 0.6) is 0 Å². The third-order valence-corrected chi connectivity index (χ3v) is 4.68. The van der Waals surface area contributed by atoms with Crippen molar-refractivity contribution in [1.82, 2.24) is 5.32 Å². The van der Waals surface area contributed by atoms with Gasteiger partial charge in [-0.2, -0.15) is 0 Å². The maximum Gasteiger partial charge on any atom is 0.223 e. The number of hydrogen-bond acceptors (Lipinski definition) is 2. The van der Waals surface area contributed by atoms with Gasteiger partial charge in [-0.15, -0.1) is 0 Å². The molecule has 2 rings (SSSR count). The quantitative estimate of drug-likeness (QED) is 0.750. The molecule has 1 amide bonds. The van der Waals surface area contributed by atoms with Gasteiger partial charge in [-0.25, -0.2) is 0 Å². The van der Waals surface area contributed by atoms with E-state index in [1.54, 1.807) is 5.57 Å². The van der Waals surface area contributed by atoms with Crippen LogP contribution in [0.1, 0.15) is 57.8 Å². The molecular weight excluding hydrogens is 236 g/mol. The van der Waals surface area contributed by atoms with Gasteiger partial charge in [0.1, 0.15) is 0 Å². The largest absolute Gasteiger partial charge is 0.356 e. The number of amides is 1. The number of allylic oxidation sites excluding steroid dienone is 1. The summed E-state index contributed by atoms with van der Waals surface area (Å²) in [5, 5.41) is 3.12. The molecule has 3 nitrogen and oxygen atoms in total. The molecule has 0 unspecified atom stereocenters. The summed E-state index contributed by atoms with van der Waals surface area (Å²) in [6.07, 6.45) is 12.8. The molecule has 0 heterocycles. The fraction of sp³-hybridized carbons (Fsp3) is 0.812. The lowest BCUT2D eigenvalue weighted by Crippen LogP contribution is -2.34. The van der Waals surface area contributed by atoms with E-state index >= 15 is 0 Å². The van der Waals surface area contributed by atoms with Crippen LogP contribution in [0.2, 0.25) is 0 Å². The van der Waals surface area contributed by atoms with Gasteiger partial charge in [0.05, 0.1) is 0 Å². The Labute approximate surface area is 117 Å².